The van der Waals surface area contributed by atoms with E-state index in [2.05, 4.69) is 5.32 Å². The van der Waals surface area contributed by atoms with E-state index < -0.39 is 10.8 Å². The Kier molecular flexibility index (Phi) is 6.69. The fourth-order valence-electron chi connectivity index (χ4n) is 2.47. The quantitative estimate of drug-likeness (QED) is 0.487. The van der Waals surface area contributed by atoms with Crippen LogP contribution in [0.15, 0.2) is 30.3 Å². The van der Waals surface area contributed by atoms with Crippen LogP contribution in [-0.4, -0.2) is 23.9 Å². The molecule has 0 saturated carbocycles. The van der Waals surface area contributed by atoms with Crippen LogP contribution in [-0.2, 0) is 0 Å². The van der Waals surface area contributed by atoms with Crippen molar-refractivity contribution in [2.45, 2.75) is 13.8 Å². The summed E-state index contributed by atoms with van der Waals surface area (Å²) >= 11 is 18.1. The van der Waals surface area contributed by atoms with Crippen LogP contribution < -0.4 is 10.2 Å². The molecular formula is C17H16Cl3N3O3. The van der Waals surface area contributed by atoms with Gasteiger partial charge in [-0.15, -0.1) is 0 Å². The van der Waals surface area contributed by atoms with Crippen LogP contribution in [0.3, 0.4) is 0 Å². The number of hydrogen-bond donors (Lipinski definition) is 1. The largest absolute Gasteiger partial charge is 0.366 e. The molecule has 138 valence electrons. The Morgan fingerprint density at radius 1 is 1.12 bits per heavy atom. The Labute approximate surface area is 165 Å². The monoisotopic (exact) mass is 415 g/mol. The molecule has 0 heterocycles. The van der Waals surface area contributed by atoms with Crippen molar-refractivity contribution in [3.63, 3.8) is 0 Å². The zero-order chi connectivity index (χ0) is 19.4. The molecule has 1 N–H and O–H groups in total. The minimum atomic E-state index is -0.515. The molecule has 0 aliphatic heterocycles. The van der Waals surface area contributed by atoms with E-state index >= 15 is 0 Å². The summed E-state index contributed by atoms with van der Waals surface area (Å²) in [5.74, 6) is -0.515. The van der Waals surface area contributed by atoms with E-state index in [0.29, 0.717) is 23.8 Å². The van der Waals surface area contributed by atoms with Gasteiger partial charge in [0.05, 0.1) is 26.2 Å². The highest BCUT2D eigenvalue weighted by atomic mass is 35.5. The van der Waals surface area contributed by atoms with Gasteiger partial charge in [-0.2, -0.15) is 0 Å². The second kappa shape index (κ2) is 8.58. The van der Waals surface area contributed by atoms with Crippen molar-refractivity contribution in [1.82, 2.24) is 0 Å². The zero-order valence-electron chi connectivity index (χ0n) is 14.1. The van der Waals surface area contributed by atoms with Gasteiger partial charge in [0.1, 0.15) is 5.69 Å². The van der Waals surface area contributed by atoms with Crippen molar-refractivity contribution in [3.05, 3.63) is 61.1 Å². The van der Waals surface area contributed by atoms with Gasteiger partial charge < -0.3 is 10.2 Å². The summed E-state index contributed by atoms with van der Waals surface area (Å²) in [7, 11) is 0. The maximum Gasteiger partial charge on any atom is 0.294 e. The number of nitrogens with zero attached hydrogens (tertiary/aromatic N) is 2. The third-order valence-corrected chi connectivity index (χ3v) is 4.66. The summed E-state index contributed by atoms with van der Waals surface area (Å²) in [6.45, 7) is 4.89. The van der Waals surface area contributed by atoms with Crippen molar-refractivity contribution in [2.24, 2.45) is 0 Å². The van der Waals surface area contributed by atoms with Gasteiger partial charge in [0.2, 0.25) is 0 Å². The molecule has 0 bridgehead atoms. The van der Waals surface area contributed by atoms with E-state index in [9.17, 15) is 14.9 Å². The molecule has 2 rings (SSSR count). The van der Waals surface area contributed by atoms with Crippen molar-refractivity contribution >= 4 is 57.8 Å². The predicted octanol–water partition coefficient (Wildman–Crippen LogP) is 5.65. The summed E-state index contributed by atoms with van der Waals surface area (Å²) < 4.78 is 0. The number of halogens is 3. The van der Waals surface area contributed by atoms with Crippen molar-refractivity contribution in [2.75, 3.05) is 23.3 Å². The average Bonchev–Trinajstić information content (AvgIpc) is 2.60. The SMILES string of the molecule is CCN(CC)c1cc(NC(=O)c2cc(Cl)ccc2Cl)c(Cl)cc1[N+](=O)[O-]. The smallest absolute Gasteiger partial charge is 0.294 e. The highest BCUT2D eigenvalue weighted by Gasteiger charge is 2.22. The number of benzene rings is 2. The fourth-order valence-corrected chi connectivity index (χ4v) is 3.05. The van der Waals surface area contributed by atoms with E-state index in [0.717, 1.165) is 0 Å². The van der Waals surface area contributed by atoms with Gasteiger partial charge in [-0.05, 0) is 38.1 Å². The predicted molar refractivity (Wildman–Crippen MR) is 106 cm³/mol. The van der Waals surface area contributed by atoms with Crippen molar-refractivity contribution in [3.8, 4) is 0 Å². The third kappa shape index (κ3) is 4.38. The van der Waals surface area contributed by atoms with Gasteiger partial charge in [0.15, 0.2) is 0 Å². The van der Waals surface area contributed by atoms with Crippen LogP contribution >= 0.6 is 34.8 Å². The fraction of sp³-hybridized carbons (Fsp3) is 0.235. The first kappa shape index (κ1) is 20.3. The molecule has 0 atom stereocenters. The minimum absolute atomic E-state index is 0.0547. The Morgan fingerprint density at radius 3 is 2.35 bits per heavy atom. The number of amides is 1. The van der Waals surface area contributed by atoms with Gasteiger partial charge >= 0.3 is 0 Å². The topological polar surface area (TPSA) is 75.5 Å². The Bertz CT molecular complexity index is 855. The molecule has 0 fully saturated rings. The van der Waals surface area contributed by atoms with Crippen molar-refractivity contribution < 1.29 is 9.72 Å². The molecule has 0 aliphatic carbocycles. The first-order valence-corrected chi connectivity index (χ1v) is 8.91. The molecular weight excluding hydrogens is 401 g/mol. The molecule has 0 saturated heterocycles. The molecule has 26 heavy (non-hydrogen) atoms. The standard InChI is InChI=1S/C17H16Cl3N3O3/c1-3-22(4-2)15-9-14(13(20)8-16(15)23(25)26)21-17(24)11-7-10(18)5-6-12(11)19/h5-9H,3-4H2,1-2H3,(H,21,24). The molecule has 1 amide bonds. The number of nitrogens with one attached hydrogen (secondary N) is 1. The summed E-state index contributed by atoms with van der Waals surface area (Å²) in [4.78, 5) is 25.2. The van der Waals surface area contributed by atoms with E-state index in [1.54, 1.807) is 11.0 Å². The van der Waals surface area contributed by atoms with E-state index in [1.807, 2.05) is 13.8 Å². The molecule has 0 spiro atoms. The number of nitro benzene ring substituents is 1. The van der Waals surface area contributed by atoms with E-state index in [-0.39, 0.29) is 27.0 Å². The summed E-state index contributed by atoms with van der Waals surface area (Å²) in [5, 5.41) is 14.6. The first-order valence-electron chi connectivity index (χ1n) is 7.77. The Hall–Kier alpha value is -2.02. The molecule has 0 radical (unpaired) electrons. The molecule has 0 unspecified atom stereocenters. The minimum Gasteiger partial charge on any atom is -0.366 e. The highest BCUT2D eigenvalue weighted by molar-refractivity contribution is 6.37. The highest BCUT2D eigenvalue weighted by Crippen LogP contribution is 2.37. The van der Waals surface area contributed by atoms with Crippen LogP contribution in [0.25, 0.3) is 0 Å². The van der Waals surface area contributed by atoms with E-state index in [1.165, 1.54) is 24.3 Å². The molecule has 9 heteroatoms. The Balaban J connectivity index is 2.46. The van der Waals surface area contributed by atoms with Gasteiger partial charge in [-0.25, -0.2) is 0 Å². The average molecular weight is 417 g/mol. The summed E-state index contributed by atoms with van der Waals surface area (Å²) in [5.41, 5.74) is 0.674. The number of carbonyl (C=O) groups excluding carboxylic acids is 1. The number of rotatable bonds is 6. The number of nitro groups is 1. The van der Waals surface area contributed by atoms with Gasteiger partial charge in [0, 0.05) is 24.2 Å². The molecule has 0 aliphatic rings. The maximum absolute atomic E-state index is 12.5. The van der Waals surface area contributed by atoms with Crippen molar-refractivity contribution in [1.29, 1.82) is 0 Å². The van der Waals surface area contributed by atoms with Crippen LogP contribution in [0.1, 0.15) is 24.2 Å². The number of anilines is 2. The van der Waals surface area contributed by atoms with Crippen LogP contribution in [0.5, 0.6) is 0 Å². The lowest BCUT2D eigenvalue weighted by atomic mass is 10.1. The summed E-state index contributed by atoms with van der Waals surface area (Å²) in [6.07, 6.45) is 0. The van der Waals surface area contributed by atoms with E-state index in [4.69, 9.17) is 34.8 Å². The third-order valence-electron chi connectivity index (χ3n) is 3.79. The lowest BCUT2D eigenvalue weighted by Gasteiger charge is -2.22. The molecule has 0 aromatic heterocycles. The second-order valence-corrected chi connectivity index (χ2v) is 6.58. The number of carbonyl (C=O) groups is 1. The first-order chi connectivity index (χ1) is 12.3. The lowest BCUT2D eigenvalue weighted by molar-refractivity contribution is -0.384. The van der Waals surface area contributed by atoms with Gasteiger partial charge in [-0.3, -0.25) is 14.9 Å². The van der Waals surface area contributed by atoms with Crippen LogP contribution in [0.4, 0.5) is 17.1 Å². The number of hydrogen-bond acceptors (Lipinski definition) is 4. The van der Waals surface area contributed by atoms with Gasteiger partial charge in [0.25, 0.3) is 11.6 Å². The molecule has 2 aromatic carbocycles. The summed E-state index contributed by atoms with van der Waals surface area (Å²) in [6, 6.07) is 7.23. The van der Waals surface area contributed by atoms with Crippen LogP contribution in [0, 0.1) is 10.1 Å². The second-order valence-electron chi connectivity index (χ2n) is 5.33. The van der Waals surface area contributed by atoms with Gasteiger partial charge in [-0.1, -0.05) is 34.8 Å². The molecule has 2 aromatic rings. The zero-order valence-corrected chi connectivity index (χ0v) is 16.3. The normalized spacial score (nSPS) is 10.5. The molecule has 6 nitrogen and oxygen atoms in total. The Morgan fingerprint density at radius 2 is 1.77 bits per heavy atom. The maximum atomic E-state index is 12.5. The van der Waals surface area contributed by atoms with Crippen LogP contribution in [0.2, 0.25) is 15.1 Å². The lowest BCUT2D eigenvalue weighted by Crippen LogP contribution is -2.23.